The summed E-state index contributed by atoms with van der Waals surface area (Å²) >= 11 is 9.52. The van der Waals surface area contributed by atoms with Crippen LogP contribution in [0.15, 0.2) is 18.2 Å². The first-order chi connectivity index (χ1) is 8.08. The Bertz CT molecular complexity index is 435. The quantitative estimate of drug-likeness (QED) is 0.460. The first-order valence-electron chi connectivity index (χ1n) is 5.65. The average molecular weight is 319 g/mol. The van der Waals surface area contributed by atoms with Gasteiger partial charge in [-0.2, -0.15) is 0 Å². The van der Waals surface area contributed by atoms with Crippen molar-refractivity contribution < 1.29 is 4.92 Å². The molecule has 92 valence electrons. The summed E-state index contributed by atoms with van der Waals surface area (Å²) in [4.78, 5) is 11.0. The fourth-order valence-corrected chi connectivity index (χ4v) is 2.87. The number of halogens is 2. The van der Waals surface area contributed by atoms with Gasteiger partial charge in [0.25, 0.3) is 5.69 Å². The molecule has 0 heterocycles. The summed E-state index contributed by atoms with van der Waals surface area (Å²) in [6.45, 7) is 0. The lowest BCUT2D eigenvalue weighted by molar-refractivity contribution is -0.385. The van der Waals surface area contributed by atoms with Gasteiger partial charge < -0.3 is 0 Å². The topological polar surface area (TPSA) is 43.1 Å². The number of rotatable bonds is 5. The maximum atomic E-state index is 10.9. The van der Waals surface area contributed by atoms with Crippen molar-refractivity contribution in [1.29, 1.82) is 0 Å². The largest absolute Gasteiger partial charge is 0.272 e. The van der Waals surface area contributed by atoms with Crippen LogP contribution in [0.3, 0.4) is 0 Å². The van der Waals surface area contributed by atoms with Gasteiger partial charge in [-0.1, -0.05) is 27.5 Å². The first kappa shape index (κ1) is 12.8. The zero-order valence-corrected chi connectivity index (χ0v) is 11.6. The summed E-state index contributed by atoms with van der Waals surface area (Å²) in [5, 5.41) is 11.4. The van der Waals surface area contributed by atoms with Crippen LogP contribution in [0.1, 0.15) is 24.8 Å². The van der Waals surface area contributed by atoms with Gasteiger partial charge >= 0.3 is 0 Å². The van der Waals surface area contributed by atoms with Crippen molar-refractivity contribution in [2.45, 2.75) is 30.5 Å². The van der Waals surface area contributed by atoms with Gasteiger partial charge in [-0.3, -0.25) is 10.1 Å². The van der Waals surface area contributed by atoms with Crippen molar-refractivity contribution in [1.82, 2.24) is 0 Å². The van der Waals surface area contributed by atoms with Crippen molar-refractivity contribution in [2.24, 2.45) is 5.92 Å². The molecule has 1 aromatic rings. The summed E-state index contributed by atoms with van der Waals surface area (Å²) in [6, 6.07) is 4.75. The van der Waals surface area contributed by atoms with Gasteiger partial charge in [-0.05, 0) is 43.7 Å². The van der Waals surface area contributed by atoms with Crippen LogP contribution in [0, 0.1) is 16.0 Å². The summed E-state index contributed by atoms with van der Waals surface area (Å²) in [6.07, 6.45) is 4.16. The number of alkyl halides is 1. The molecule has 0 bridgehead atoms. The van der Waals surface area contributed by atoms with Crippen molar-refractivity contribution in [3.8, 4) is 0 Å². The molecule has 1 atom stereocenters. The highest BCUT2D eigenvalue weighted by Gasteiger charge is 2.29. The second-order valence-electron chi connectivity index (χ2n) is 4.42. The van der Waals surface area contributed by atoms with Gasteiger partial charge in [-0.15, -0.1) is 0 Å². The van der Waals surface area contributed by atoms with Crippen LogP contribution >= 0.6 is 27.5 Å². The van der Waals surface area contributed by atoms with E-state index in [-0.39, 0.29) is 10.6 Å². The minimum absolute atomic E-state index is 0.171. The molecule has 1 fully saturated rings. The molecule has 0 N–H and O–H groups in total. The van der Waals surface area contributed by atoms with Gasteiger partial charge in [0.1, 0.15) is 0 Å². The molecule has 1 saturated carbocycles. The third-order valence-corrected chi connectivity index (χ3v) is 4.50. The molecule has 0 radical (unpaired) electrons. The van der Waals surface area contributed by atoms with E-state index in [9.17, 15) is 10.1 Å². The smallest absolute Gasteiger partial charge is 0.258 e. The molecule has 1 aliphatic rings. The van der Waals surface area contributed by atoms with E-state index >= 15 is 0 Å². The first-order valence-corrected chi connectivity index (χ1v) is 6.94. The molecule has 17 heavy (non-hydrogen) atoms. The fourth-order valence-electron chi connectivity index (χ4n) is 1.92. The molecule has 1 aliphatic carbocycles. The lowest BCUT2D eigenvalue weighted by Crippen LogP contribution is -2.04. The molecular weight excluding hydrogens is 305 g/mol. The standard InChI is InChI=1S/C12H13BrClNO2/c13-11(8-1-2-8)5-3-9-7-10(14)4-6-12(9)15(16)17/h4,6-8,11H,1-3,5H2. The number of aryl methyl sites for hydroxylation is 1. The highest BCUT2D eigenvalue weighted by Crippen LogP contribution is 2.39. The lowest BCUT2D eigenvalue weighted by atomic mass is 10.0. The van der Waals surface area contributed by atoms with E-state index in [0.29, 0.717) is 16.3 Å². The third-order valence-electron chi connectivity index (χ3n) is 3.06. The van der Waals surface area contributed by atoms with Gasteiger partial charge in [0, 0.05) is 21.5 Å². The van der Waals surface area contributed by atoms with Crippen molar-refractivity contribution >= 4 is 33.2 Å². The average Bonchev–Trinajstić information content (AvgIpc) is 3.09. The number of nitrogens with zero attached hydrogens (tertiary/aromatic N) is 1. The van der Waals surface area contributed by atoms with Crippen molar-refractivity contribution in [3.05, 3.63) is 38.9 Å². The van der Waals surface area contributed by atoms with Crippen LogP contribution in [0.5, 0.6) is 0 Å². The van der Waals surface area contributed by atoms with E-state index in [0.717, 1.165) is 17.9 Å². The summed E-state index contributed by atoms with van der Waals surface area (Å²) < 4.78 is 0. The summed E-state index contributed by atoms with van der Waals surface area (Å²) in [7, 11) is 0. The SMILES string of the molecule is O=[N+]([O-])c1ccc(Cl)cc1CCC(Br)C1CC1. The van der Waals surface area contributed by atoms with E-state index in [1.807, 2.05) is 0 Å². The van der Waals surface area contributed by atoms with Crippen molar-refractivity contribution in [2.75, 3.05) is 0 Å². The Kier molecular flexibility index (Phi) is 4.05. The van der Waals surface area contributed by atoms with Crippen LogP contribution < -0.4 is 0 Å². The van der Waals surface area contributed by atoms with E-state index < -0.39 is 0 Å². The van der Waals surface area contributed by atoms with Crippen LogP contribution in [0.4, 0.5) is 5.69 Å². The maximum Gasteiger partial charge on any atom is 0.272 e. The number of hydrogen-bond donors (Lipinski definition) is 0. The zero-order chi connectivity index (χ0) is 12.4. The normalized spacial score (nSPS) is 16.8. The Labute approximate surface area is 113 Å². The number of benzene rings is 1. The minimum Gasteiger partial charge on any atom is -0.258 e. The molecule has 0 aliphatic heterocycles. The Morgan fingerprint density at radius 3 is 2.82 bits per heavy atom. The second kappa shape index (κ2) is 5.36. The Morgan fingerprint density at radius 2 is 2.24 bits per heavy atom. The summed E-state index contributed by atoms with van der Waals surface area (Å²) in [5.74, 6) is 0.758. The Hall–Kier alpha value is -0.610. The lowest BCUT2D eigenvalue weighted by Gasteiger charge is -2.08. The molecule has 0 saturated heterocycles. The predicted octanol–water partition coefficient (Wildman–Crippen LogP) is 4.35. The molecular formula is C12H13BrClNO2. The summed E-state index contributed by atoms with van der Waals surface area (Å²) in [5.41, 5.74) is 0.900. The van der Waals surface area contributed by atoms with Crippen LogP contribution in [-0.2, 0) is 6.42 Å². The van der Waals surface area contributed by atoms with E-state index in [1.54, 1.807) is 12.1 Å². The molecule has 5 heteroatoms. The van der Waals surface area contributed by atoms with Gasteiger partial charge in [-0.25, -0.2) is 0 Å². The van der Waals surface area contributed by atoms with Gasteiger partial charge in [0.2, 0.25) is 0 Å². The number of nitro benzene ring substituents is 1. The Balaban J connectivity index is 2.07. The molecule has 0 spiro atoms. The monoisotopic (exact) mass is 317 g/mol. The fraction of sp³-hybridized carbons (Fsp3) is 0.500. The maximum absolute atomic E-state index is 10.9. The molecule has 1 aromatic carbocycles. The molecule has 1 unspecified atom stereocenters. The Morgan fingerprint density at radius 1 is 1.53 bits per heavy atom. The van der Waals surface area contributed by atoms with Crippen LogP contribution in [0.25, 0.3) is 0 Å². The van der Waals surface area contributed by atoms with E-state index in [1.165, 1.54) is 18.9 Å². The highest BCUT2D eigenvalue weighted by atomic mass is 79.9. The van der Waals surface area contributed by atoms with E-state index in [2.05, 4.69) is 15.9 Å². The molecule has 3 nitrogen and oxygen atoms in total. The van der Waals surface area contributed by atoms with Crippen molar-refractivity contribution in [3.63, 3.8) is 0 Å². The van der Waals surface area contributed by atoms with Gasteiger partial charge in [0.15, 0.2) is 0 Å². The molecule has 2 rings (SSSR count). The predicted molar refractivity (Wildman–Crippen MR) is 71.9 cm³/mol. The zero-order valence-electron chi connectivity index (χ0n) is 9.23. The second-order valence-corrected chi connectivity index (χ2v) is 6.03. The number of nitro groups is 1. The van der Waals surface area contributed by atoms with Gasteiger partial charge in [0.05, 0.1) is 4.92 Å². The number of hydrogen-bond acceptors (Lipinski definition) is 2. The molecule has 0 amide bonds. The highest BCUT2D eigenvalue weighted by molar-refractivity contribution is 9.09. The molecule has 0 aromatic heterocycles. The third kappa shape index (κ3) is 3.42. The van der Waals surface area contributed by atoms with Crippen LogP contribution in [-0.4, -0.2) is 9.75 Å². The minimum atomic E-state index is -0.341. The van der Waals surface area contributed by atoms with E-state index in [4.69, 9.17) is 11.6 Å². The van der Waals surface area contributed by atoms with Crippen LogP contribution in [0.2, 0.25) is 5.02 Å².